The molecule has 1 heterocycles. The first-order chi connectivity index (χ1) is 9.70. The minimum atomic E-state index is 0.363. The first-order valence-corrected chi connectivity index (χ1v) is 7.34. The Morgan fingerprint density at radius 1 is 1.05 bits per heavy atom. The van der Waals surface area contributed by atoms with Crippen LogP contribution in [-0.4, -0.2) is 18.6 Å². The first kappa shape index (κ1) is 14.7. The Kier molecular flexibility index (Phi) is 5.31. The lowest BCUT2D eigenvalue weighted by Crippen LogP contribution is -2.18. The van der Waals surface area contributed by atoms with Gasteiger partial charge < -0.3 is 5.32 Å². The highest BCUT2D eigenvalue weighted by atomic mass is 14.8. The normalized spacial score (nSPS) is 12.6. The molecule has 1 atom stereocenters. The Morgan fingerprint density at radius 3 is 2.35 bits per heavy atom. The van der Waals surface area contributed by atoms with Gasteiger partial charge in [0.05, 0.1) is 0 Å². The standard InChI is InChI=1S/C18H24N2/c1-14(2)11-15-6-8-16(9-7-15)18(13-19-3)17-5-4-10-20-12-17/h4-10,12,14,18-19H,11,13H2,1-3H3. The van der Waals surface area contributed by atoms with Crippen LogP contribution >= 0.6 is 0 Å². The molecule has 1 aromatic heterocycles. The predicted molar refractivity (Wildman–Crippen MR) is 85.0 cm³/mol. The van der Waals surface area contributed by atoms with Crippen molar-refractivity contribution in [3.63, 3.8) is 0 Å². The molecule has 20 heavy (non-hydrogen) atoms. The average Bonchev–Trinajstić information content (AvgIpc) is 2.46. The summed E-state index contributed by atoms with van der Waals surface area (Å²) in [6.45, 7) is 5.44. The number of likely N-dealkylation sites (N-methyl/N-ethyl adjacent to an activating group) is 1. The molecule has 0 spiro atoms. The van der Waals surface area contributed by atoms with Gasteiger partial charge in [0, 0.05) is 24.9 Å². The molecule has 106 valence electrons. The van der Waals surface area contributed by atoms with Crippen molar-refractivity contribution < 1.29 is 0 Å². The van der Waals surface area contributed by atoms with Crippen LogP contribution < -0.4 is 5.32 Å². The summed E-state index contributed by atoms with van der Waals surface area (Å²) in [6.07, 6.45) is 4.93. The van der Waals surface area contributed by atoms with Gasteiger partial charge in [-0.25, -0.2) is 0 Å². The van der Waals surface area contributed by atoms with Gasteiger partial charge in [-0.1, -0.05) is 44.2 Å². The van der Waals surface area contributed by atoms with Gasteiger partial charge >= 0.3 is 0 Å². The van der Waals surface area contributed by atoms with E-state index in [0.717, 1.165) is 13.0 Å². The molecule has 1 aromatic carbocycles. The van der Waals surface area contributed by atoms with Crippen LogP contribution in [0.4, 0.5) is 0 Å². The van der Waals surface area contributed by atoms with Crippen LogP contribution in [0.25, 0.3) is 0 Å². The highest BCUT2D eigenvalue weighted by Gasteiger charge is 2.13. The van der Waals surface area contributed by atoms with Gasteiger partial charge in [0.25, 0.3) is 0 Å². The molecule has 1 unspecified atom stereocenters. The topological polar surface area (TPSA) is 24.9 Å². The molecular weight excluding hydrogens is 244 g/mol. The van der Waals surface area contributed by atoms with Gasteiger partial charge in [-0.2, -0.15) is 0 Å². The van der Waals surface area contributed by atoms with Crippen molar-refractivity contribution in [2.24, 2.45) is 5.92 Å². The minimum Gasteiger partial charge on any atom is -0.319 e. The maximum atomic E-state index is 4.24. The molecule has 0 aliphatic rings. The van der Waals surface area contributed by atoms with Crippen molar-refractivity contribution in [1.29, 1.82) is 0 Å². The molecular formula is C18H24N2. The minimum absolute atomic E-state index is 0.363. The van der Waals surface area contributed by atoms with Crippen LogP contribution in [-0.2, 0) is 6.42 Å². The molecule has 0 bridgehead atoms. The second-order valence-electron chi connectivity index (χ2n) is 5.74. The third-order valence-electron chi connectivity index (χ3n) is 3.52. The SMILES string of the molecule is CNCC(c1ccc(CC(C)C)cc1)c1cccnc1. The van der Waals surface area contributed by atoms with E-state index in [-0.39, 0.29) is 0 Å². The highest BCUT2D eigenvalue weighted by molar-refractivity contribution is 5.33. The number of nitrogens with zero attached hydrogens (tertiary/aromatic N) is 1. The molecule has 2 heteroatoms. The zero-order chi connectivity index (χ0) is 14.4. The van der Waals surface area contributed by atoms with Gasteiger partial charge in [-0.15, -0.1) is 0 Å². The van der Waals surface area contributed by atoms with E-state index in [4.69, 9.17) is 0 Å². The van der Waals surface area contributed by atoms with Crippen molar-refractivity contribution in [2.45, 2.75) is 26.2 Å². The summed E-state index contributed by atoms with van der Waals surface area (Å²) in [6, 6.07) is 13.2. The Morgan fingerprint density at radius 2 is 1.80 bits per heavy atom. The molecule has 0 saturated carbocycles. The van der Waals surface area contributed by atoms with Gasteiger partial charge in [-0.3, -0.25) is 4.98 Å². The fourth-order valence-corrected chi connectivity index (χ4v) is 2.57. The smallest absolute Gasteiger partial charge is 0.0306 e. The third-order valence-corrected chi connectivity index (χ3v) is 3.52. The number of hydrogen-bond donors (Lipinski definition) is 1. The largest absolute Gasteiger partial charge is 0.319 e. The zero-order valence-electron chi connectivity index (χ0n) is 12.6. The molecule has 0 fully saturated rings. The Bertz CT molecular complexity index is 503. The highest BCUT2D eigenvalue weighted by Crippen LogP contribution is 2.24. The van der Waals surface area contributed by atoms with E-state index in [1.807, 2.05) is 25.5 Å². The Hall–Kier alpha value is -1.67. The van der Waals surface area contributed by atoms with Crippen LogP contribution in [0.1, 0.15) is 36.5 Å². The fraction of sp³-hybridized carbons (Fsp3) is 0.389. The van der Waals surface area contributed by atoms with Crippen LogP contribution in [0.15, 0.2) is 48.8 Å². The zero-order valence-corrected chi connectivity index (χ0v) is 12.6. The van der Waals surface area contributed by atoms with E-state index in [1.165, 1.54) is 16.7 Å². The summed E-state index contributed by atoms with van der Waals surface area (Å²) in [5.74, 6) is 1.06. The van der Waals surface area contributed by atoms with E-state index in [2.05, 4.69) is 54.5 Å². The van der Waals surface area contributed by atoms with Crippen LogP contribution in [0.2, 0.25) is 0 Å². The first-order valence-electron chi connectivity index (χ1n) is 7.34. The quantitative estimate of drug-likeness (QED) is 0.865. The third kappa shape index (κ3) is 3.91. The molecule has 0 amide bonds. The summed E-state index contributed by atoms with van der Waals surface area (Å²) in [7, 11) is 2.00. The molecule has 1 N–H and O–H groups in total. The lowest BCUT2D eigenvalue weighted by Gasteiger charge is -2.18. The van der Waals surface area contributed by atoms with E-state index < -0.39 is 0 Å². The predicted octanol–water partition coefficient (Wildman–Crippen LogP) is 3.63. The van der Waals surface area contributed by atoms with Crippen LogP contribution in [0, 0.1) is 5.92 Å². The van der Waals surface area contributed by atoms with Crippen molar-refractivity contribution in [3.8, 4) is 0 Å². The number of nitrogens with one attached hydrogen (secondary N) is 1. The van der Waals surface area contributed by atoms with Gasteiger partial charge in [-0.05, 0) is 42.1 Å². The summed E-state index contributed by atoms with van der Waals surface area (Å²) in [5.41, 5.74) is 4.02. The summed E-state index contributed by atoms with van der Waals surface area (Å²) in [4.78, 5) is 4.24. The summed E-state index contributed by atoms with van der Waals surface area (Å²) in [5, 5.41) is 3.28. The lowest BCUT2D eigenvalue weighted by atomic mass is 9.91. The molecule has 0 aliphatic heterocycles. The van der Waals surface area contributed by atoms with E-state index in [9.17, 15) is 0 Å². The maximum absolute atomic E-state index is 4.24. The monoisotopic (exact) mass is 268 g/mol. The summed E-state index contributed by atoms with van der Waals surface area (Å²) >= 11 is 0. The number of aromatic nitrogens is 1. The Balaban J connectivity index is 2.21. The number of pyridine rings is 1. The average molecular weight is 268 g/mol. The molecule has 2 aromatic rings. The van der Waals surface area contributed by atoms with Crippen molar-refractivity contribution in [2.75, 3.05) is 13.6 Å². The van der Waals surface area contributed by atoms with Gasteiger partial charge in [0.15, 0.2) is 0 Å². The summed E-state index contributed by atoms with van der Waals surface area (Å²) < 4.78 is 0. The molecule has 0 saturated heterocycles. The van der Waals surface area contributed by atoms with Crippen LogP contribution in [0.5, 0.6) is 0 Å². The van der Waals surface area contributed by atoms with E-state index in [1.54, 1.807) is 0 Å². The molecule has 0 radical (unpaired) electrons. The molecule has 2 nitrogen and oxygen atoms in total. The van der Waals surface area contributed by atoms with E-state index in [0.29, 0.717) is 11.8 Å². The number of rotatable bonds is 6. The van der Waals surface area contributed by atoms with Crippen LogP contribution in [0.3, 0.4) is 0 Å². The van der Waals surface area contributed by atoms with Gasteiger partial charge in [0.2, 0.25) is 0 Å². The maximum Gasteiger partial charge on any atom is 0.0306 e. The van der Waals surface area contributed by atoms with Crippen molar-refractivity contribution in [3.05, 3.63) is 65.5 Å². The molecule has 2 rings (SSSR count). The van der Waals surface area contributed by atoms with E-state index >= 15 is 0 Å². The van der Waals surface area contributed by atoms with Crippen molar-refractivity contribution in [1.82, 2.24) is 10.3 Å². The number of benzene rings is 1. The molecule has 0 aliphatic carbocycles. The number of hydrogen-bond acceptors (Lipinski definition) is 2. The Labute approximate surface area is 122 Å². The van der Waals surface area contributed by atoms with Crippen molar-refractivity contribution >= 4 is 0 Å². The second kappa shape index (κ2) is 7.20. The second-order valence-corrected chi connectivity index (χ2v) is 5.74. The lowest BCUT2D eigenvalue weighted by molar-refractivity contribution is 0.646. The van der Waals surface area contributed by atoms with Gasteiger partial charge in [0.1, 0.15) is 0 Å². The fourth-order valence-electron chi connectivity index (χ4n) is 2.57.